The Morgan fingerprint density at radius 2 is 2.22 bits per heavy atom. The quantitative estimate of drug-likeness (QED) is 0.771. The average molecular weight is 326 g/mol. The van der Waals surface area contributed by atoms with E-state index in [0.717, 1.165) is 35.3 Å². The van der Waals surface area contributed by atoms with Gasteiger partial charge in [0.05, 0.1) is 6.54 Å². The van der Waals surface area contributed by atoms with Crippen LogP contribution in [0.5, 0.6) is 0 Å². The molecular weight excluding hydrogens is 308 g/mol. The van der Waals surface area contributed by atoms with Crippen molar-refractivity contribution in [1.29, 1.82) is 0 Å². The van der Waals surface area contributed by atoms with Gasteiger partial charge in [0.1, 0.15) is 11.3 Å². The van der Waals surface area contributed by atoms with Gasteiger partial charge in [-0.05, 0) is 36.4 Å². The molecular formula is C18H18N2O2S. The third kappa shape index (κ3) is 2.61. The van der Waals surface area contributed by atoms with Gasteiger partial charge in [-0.15, -0.1) is 11.3 Å². The third-order valence-corrected chi connectivity index (χ3v) is 5.46. The number of fused-ring (bicyclic) bond motifs is 2. The normalized spacial score (nSPS) is 14.0. The van der Waals surface area contributed by atoms with Crippen molar-refractivity contribution >= 4 is 28.3 Å². The zero-order valence-corrected chi connectivity index (χ0v) is 13.8. The number of benzene rings is 1. The number of carbonyl (C=O) groups is 1. The van der Waals surface area contributed by atoms with Crippen molar-refractivity contribution in [2.45, 2.75) is 26.4 Å². The van der Waals surface area contributed by atoms with Crippen LogP contribution in [0.15, 0.2) is 40.1 Å². The van der Waals surface area contributed by atoms with E-state index < -0.39 is 0 Å². The summed E-state index contributed by atoms with van der Waals surface area (Å²) in [7, 11) is 0. The first-order valence-corrected chi connectivity index (χ1v) is 8.65. The lowest BCUT2D eigenvalue weighted by atomic mass is 10.1. The molecule has 0 bridgehead atoms. The molecule has 0 atom stereocenters. The zero-order chi connectivity index (χ0) is 15.8. The number of nitrogens with one attached hydrogen (secondary N) is 1. The van der Waals surface area contributed by atoms with E-state index in [1.165, 1.54) is 10.4 Å². The molecule has 0 spiro atoms. The standard InChI is InChI=1S/C18H18N2O2S/c1-12-14-4-2-3-5-15(14)22-16(12)10-19-18(21)20-8-6-17-13(11-20)7-9-23-17/h2-5,7,9H,6,8,10-11H2,1H3,(H,19,21). The number of furan rings is 1. The number of carbonyl (C=O) groups excluding carboxylic acids is 1. The topological polar surface area (TPSA) is 45.5 Å². The molecule has 2 amide bonds. The molecule has 0 fully saturated rings. The molecule has 118 valence electrons. The van der Waals surface area contributed by atoms with Crippen LogP contribution in [0.3, 0.4) is 0 Å². The van der Waals surface area contributed by atoms with E-state index >= 15 is 0 Å². The Kier molecular flexibility index (Phi) is 3.58. The summed E-state index contributed by atoms with van der Waals surface area (Å²) in [5.74, 6) is 0.827. The van der Waals surface area contributed by atoms with E-state index in [9.17, 15) is 4.79 Å². The Hall–Kier alpha value is -2.27. The van der Waals surface area contributed by atoms with E-state index in [1.807, 2.05) is 36.1 Å². The second kappa shape index (κ2) is 5.74. The molecule has 0 saturated heterocycles. The highest BCUT2D eigenvalue weighted by Crippen LogP contribution is 2.26. The maximum Gasteiger partial charge on any atom is 0.318 e. The van der Waals surface area contributed by atoms with Gasteiger partial charge in [0, 0.05) is 28.9 Å². The van der Waals surface area contributed by atoms with Crippen LogP contribution in [-0.2, 0) is 19.5 Å². The Balaban J connectivity index is 1.44. The van der Waals surface area contributed by atoms with Crippen LogP contribution in [0.4, 0.5) is 4.79 Å². The molecule has 1 aliphatic rings. The molecule has 2 aromatic heterocycles. The van der Waals surface area contributed by atoms with Gasteiger partial charge >= 0.3 is 6.03 Å². The fraction of sp³-hybridized carbons (Fsp3) is 0.278. The van der Waals surface area contributed by atoms with E-state index in [1.54, 1.807) is 11.3 Å². The zero-order valence-electron chi connectivity index (χ0n) is 13.0. The highest BCUT2D eigenvalue weighted by atomic mass is 32.1. The predicted octanol–water partition coefficient (Wildman–Crippen LogP) is 4.07. The van der Waals surface area contributed by atoms with Crippen molar-refractivity contribution in [3.63, 3.8) is 0 Å². The minimum Gasteiger partial charge on any atom is -0.459 e. The Morgan fingerprint density at radius 3 is 3.09 bits per heavy atom. The van der Waals surface area contributed by atoms with Crippen LogP contribution < -0.4 is 5.32 Å². The number of hydrogen-bond donors (Lipinski definition) is 1. The van der Waals surface area contributed by atoms with Gasteiger partial charge in [0.2, 0.25) is 0 Å². The number of thiophene rings is 1. The summed E-state index contributed by atoms with van der Waals surface area (Å²) in [5, 5.41) is 6.20. The number of nitrogens with zero attached hydrogens (tertiary/aromatic N) is 1. The summed E-state index contributed by atoms with van der Waals surface area (Å²) >= 11 is 1.78. The largest absolute Gasteiger partial charge is 0.459 e. The fourth-order valence-corrected chi connectivity index (χ4v) is 3.97. The van der Waals surface area contributed by atoms with Gasteiger partial charge in [-0.25, -0.2) is 4.79 Å². The summed E-state index contributed by atoms with van der Waals surface area (Å²) < 4.78 is 5.85. The average Bonchev–Trinajstić information content (AvgIpc) is 3.17. The summed E-state index contributed by atoms with van der Waals surface area (Å²) in [4.78, 5) is 15.7. The molecule has 1 aromatic carbocycles. The minimum atomic E-state index is -0.0262. The molecule has 23 heavy (non-hydrogen) atoms. The first-order valence-electron chi connectivity index (χ1n) is 7.77. The molecule has 1 aliphatic heterocycles. The van der Waals surface area contributed by atoms with Crippen molar-refractivity contribution in [3.05, 3.63) is 57.5 Å². The van der Waals surface area contributed by atoms with Crippen molar-refractivity contribution < 1.29 is 9.21 Å². The van der Waals surface area contributed by atoms with Gasteiger partial charge in [0.15, 0.2) is 0 Å². The first-order chi connectivity index (χ1) is 11.2. The monoisotopic (exact) mass is 326 g/mol. The third-order valence-electron chi connectivity index (χ3n) is 4.44. The number of amides is 2. The lowest BCUT2D eigenvalue weighted by Crippen LogP contribution is -2.42. The van der Waals surface area contributed by atoms with Crippen molar-refractivity contribution in [3.8, 4) is 0 Å². The predicted molar refractivity (Wildman–Crippen MR) is 91.6 cm³/mol. The summed E-state index contributed by atoms with van der Waals surface area (Å²) in [6, 6.07) is 10.0. The van der Waals surface area contributed by atoms with E-state index in [4.69, 9.17) is 4.42 Å². The lowest BCUT2D eigenvalue weighted by Gasteiger charge is -2.27. The van der Waals surface area contributed by atoms with Crippen LogP contribution in [0.1, 0.15) is 21.8 Å². The highest BCUT2D eigenvalue weighted by Gasteiger charge is 2.21. The molecule has 3 aromatic rings. The maximum atomic E-state index is 12.4. The fourth-order valence-electron chi connectivity index (χ4n) is 3.08. The molecule has 1 N–H and O–H groups in total. The number of urea groups is 1. The molecule has 0 unspecified atom stereocenters. The van der Waals surface area contributed by atoms with Crippen LogP contribution in [0.25, 0.3) is 11.0 Å². The molecule has 4 nitrogen and oxygen atoms in total. The highest BCUT2D eigenvalue weighted by molar-refractivity contribution is 7.10. The number of aryl methyl sites for hydroxylation is 1. The molecule has 3 heterocycles. The molecule has 0 saturated carbocycles. The number of hydrogen-bond acceptors (Lipinski definition) is 3. The van der Waals surface area contributed by atoms with Crippen LogP contribution in [0.2, 0.25) is 0 Å². The van der Waals surface area contributed by atoms with Gasteiger partial charge in [-0.3, -0.25) is 0 Å². The molecule has 5 heteroatoms. The maximum absolute atomic E-state index is 12.4. The van der Waals surface area contributed by atoms with Crippen molar-refractivity contribution in [2.75, 3.05) is 6.54 Å². The Labute approximate surface area is 138 Å². The van der Waals surface area contributed by atoms with E-state index in [2.05, 4.69) is 16.8 Å². The number of para-hydroxylation sites is 1. The molecule has 0 radical (unpaired) electrons. The van der Waals surface area contributed by atoms with Gasteiger partial charge in [0.25, 0.3) is 0 Å². The van der Waals surface area contributed by atoms with Gasteiger partial charge in [-0.1, -0.05) is 18.2 Å². The first kappa shape index (κ1) is 14.3. The molecule has 4 rings (SSSR count). The number of rotatable bonds is 2. The Morgan fingerprint density at radius 1 is 1.35 bits per heavy atom. The van der Waals surface area contributed by atoms with Crippen molar-refractivity contribution in [1.82, 2.24) is 10.2 Å². The Bertz CT molecular complexity index is 865. The SMILES string of the molecule is Cc1c(CNC(=O)N2CCc3sccc3C2)oc2ccccc12. The summed E-state index contributed by atoms with van der Waals surface area (Å²) in [5.41, 5.74) is 3.24. The van der Waals surface area contributed by atoms with E-state index in [0.29, 0.717) is 13.1 Å². The van der Waals surface area contributed by atoms with E-state index in [-0.39, 0.29) is 6.03 Å². The van der Waals surface area contributed by atoms with Gasteiger partial charge in [-0.2, -0.15) is 0 Å². The molecule has 0 aliphatic carbocycles. The lowest BCUT2D eigenvalue weighted by molar-refractivity contribution is 0.191. The van der Waals surface area contributed by atoms with Crippen molar-refractivity contribution in [2.24, 2.45) is 0 Å². The van der Waals surface area contributed by atoms with Crippen LogP contribution in [-0.4, -0.2) is 17.5 Å². The van der Waals surface area contributed by atoms with Crippen LogP contribution in [0, 0.1) is 6.92 Å². The summed E-state index contributed by atoms with van der Waals surface area (Å²) in [6.07, 6.45) is 0.948. The second-order valence-corrected chi connectivity index (χ2v) is 6.85. The minimum absolute atomic E-state index is 0.0262. The summed E-state index contributed by atoms with van der Waals surface area (Å²) in [6.45, 7) is 3.93. The van der Waals surface area contributed by atoms with Gasteiger partial charge < -0.3 is 14.6 Å². The smallest absolute Gasteiger partial charge is 0.318 e. The van der Waals surface area contributed by atoms with Crippen LogP contribution >= 0.6 is 11.3 Å². The second-order valence-electron chi connectivity index (χ2n) is 5.85.